The standard InChI is InChI=1S/C24H22Cl2N2O4S2/c1-4-18-15-27(33(29,30)19-9-5-16(2)6-10-19)23-13-21(25)22(26)14-24(23)28(18)34(31,32)20-11-7-17(3)8-12-20/h4-14,18H,1,15H2,2-3H3. The number of benzene rings is 3. The zero-order valence-corrected chi connectivity index (χ0v) is 21.6. The zero-order valence-electron chi connectivity index (χ0n) is 18.4. The maximum Gasteiger partial charge on any atom is 0.264 e. The molecule has 1 aliphatic heterocycles. The SMILES string of the molecule is C=CC1CN(S(=O)(=O)c2ccc(C)cc2)c2cc(Cl)c(Cl)cc2N1S(=O)(=O)c1ccc(C)cc1. The highest BCUT2D eigenvalue weighted by atomic mass is 35.5. The molecule has 1 aliphatic rings. The lowest BCUT2D eigenvalue weighted by Crippen LogP contribution is -2.52. The molecule has 178 valence electrons. The summed E-state index contributed by atoms with van der Waals surface area (Å²) >= 11 is 12.5. The highest BCUT2D eigenvalue weighted by Gasteiger charge is 2.42. The number of aryl methyl sites for hydroxylation is 2. The first-order valence-electron chi connectivity index (χ1n) is 10.3. The van der Waals surface area contributed by atoms with Gasteiger partial charge in [-0.25, -0.2) is 16.8 Å². The van der Waals surface area contributed by atoms with Crippen molar-refractivity contribution in [3.05, 3.63) is 94.5 Å². The largest absolute Gasteiger partial charge is 0.264 e. The van der Waals surface area contributed by atoms with Crippen LogP contribution in [0.5, 0.6) is 0 Å². The molecule has 0 bridgehead atoms. The van der Waals surface area contributed by atoms with Crippen molar-refractivity contribution in [1.82, 2.24) is 0 Å². The third kappa shape index (κ3) is 4.20. The Morgan fingerprint density at radius 3 is 1.71 bits per heavy atom. The monoisotopic (exact) mass is 536 g/mol. The van der Waals surface area contributed by atoms with Gasteiger partial charge in [-0.05, 0) is 50.2 Å². The van der Waals surface area contributed by atoms with E-state index >= 15 is 0 Å². The molecular formula is C24H22Cl2N2O4S2. The molecule has 0 saturated heterocycles. The molecule has 0 saturated carbocycles. The predicted octanol–water partition coefficient (Wildman–Crippen LogP) is 5.57. The van der Waals surface area contributed by atoms with Crippen molar-refractivity contribution < 1.29 is 16.8 Å². The number of nitrogens with zero attached hydrogens (tertiary/aromatic N) is 2. The number of sulfonamides is 2. The molecule has 1 unspecified atom stereocenters. The first kappa shape index (κ1) is 24.6. The lowest BCUT2D eigenvalue weighted by Gasteiger charge is -2.42. The van der Waals surface area contributed by atoms with Crippen LogP contribution in [-0.4, -0.2) is 29.4 Å². The molecule has 0 aliphatic carbocycles. The Kier molecular flexibility index (Phi) is 6.46. The molecule has 6 nitrogen and oxygen atoms in total. The summed E-state index contributed by atoms with van der Waals surface area (Å²) in [5, 5.41) is 0.205. The highest BCUT2D eigenvalue weighted by Crippen LogP contribution is 2.45. The molecule has 0 spiro atoms. The van der Waals surface area contributed by atoms with E-state index in [1.165, 1.54) is 42.5 Å². The van der Waals surface area contributed by atoms with Crippen molar-refractivity contribution in [2.45, 2.75) is 29.7 Å². The second kappa shape index (κ2) is 8.92. The Morgan fingerprint density at radius 2 is 1.24 bits per heavy atom. The van der Waals surface area contributed by atoms with Crippen LogP contribution < -0.4 is 8.61 Å². The van der Waals surface area contributed by atoms with E-state index in [1.54, 1.807) is 24.3 Å². The van der Waals surface area contributed by atoms with Gasteiger partial charge in [0, 0.05) is 0 Å². The maximum atomic E-state index is 13.7. The summed E-state index contributed by atoms with van der Waals surface area (Å²) in [6.45, 7) is 7.31. The smallest absolute Gasteiger partial charge is 0.262 e. The molecule has 3 aromatic carbocycles. The van der Waals surface area contributed by atoms with Crippen LogP contribution in [-0.2, 0) is 20.0 Å². The normalized spacial score (nSPS) is 16.3. The van der Waals surface area contributed by atoms with E-state index in [9.17, 15) is 16.8 Å². The summed E-state index contributed by atoms with van der Waals surface area (Å²) in [5.41, 5.74) is 2.03. The summed E-state index contributed by atoms with van der Waals surface area (Å²) in [7, 11) is -8.13. The van der Waals surface area contributed by atoms with Gasteiger partial charge in [-0.2, -0.15) is 0 Å². The van der Waals surface area contributed by atoms with Crippen molar-refractivity contribution in [2.75, 3.05) is 15.2 Å². The van der Waals surface area contributed by atoms with Crippen LogP contribution in [0.15, 0.2) is 83.1 Å². The molecule has 4 rings (SSSR count). The van der Waals surface area contributed by atoms with Gasteiger partial charge in [-0.15, -0.1) is 6.58 Å². The molecule has 3 aromatic rings. The molecule has 0 amide bonds. The zero-order chi connectivity index (χ0) is 24.8. The van der Waals surface area contributed by atoms with E-state index in [-0.39, 0.29) is 37.8 Å². The van der Waals surface area contributed by atoms with Crippen molar-refractivity contribution in [1.29, 1.82) is 0 Å². The molecular weight excluding hydrogens is 515 g/mol. The van der Waals surface area contributed by atoms with Crippen molar-refractivity contribution in [3.8, 4) is 0 Å². The third-order valence-corrected chi connectivity index (χ3v) is 10.0. The molecule has 1 atom stereocenters. The van der Waals surface area contributed by atoms with Gasteiger partial charge in [0.05, 0.1) is 43.8 Å². The van der Waals surface area contributed by atoms with E-state index < -0.39 is 26.1 Å². The van der Waals surface area contributed by atoms with Gasteiger partial charge in [-0.3, -0.25) is 8.61 Å². The molecule has 0 aromatic heterocycles. The van der Waals surface area contributed by atoms with Gasteiger partial charge in [0.15, 0.2) is 0 Å². The van der Waals surface area contributed by atoms with Gasteiger partial charge in [0.25, 0.3) is 20.0 Å². The molecule has 10 heteroatoms. The topological polar surface area (TPSA) is 74.8 Å². The second-order valence-electron chi connectivity index (χ2n) is 8.02. The highest BCUT2D eigenvalue weighted by molar-refractivity contribution is 7.93. The summed E-state index contributed by atoms with van der Waals surface area (Å²) in [4.78, 5) is 0.143. The van der Waals surface area contributed by atoms with Crippen LogP contribution in [0.3, 0.4) is 0 Å². The third-order valence-electron chi connectivity index (χ3n) is 5.64. The van der Waals surface area contributed by atoms with Crippen molar-refractivity contribution >= 4 is 54.6 Å². The number of halogens is 2. The summed E-state index contributed by atoms with van der Waals surface area (Å²) in [6, 6.07) is 14.7. The fourth-order valence-electron chi connectivity index (χ4n) is 3.79. The minimum absolute atomic E-state index is 0.0665. The minimum Gasteiger partial charge on any atom is -0.262 e. The fraction of sp³-hybridized carbons (Fsp3) is 0.167. The number of rotatable bonds is 5. The van der Waals surface area contributed by atoms with E-state index in [0.29, 0.717) is 0 Å². The molecule has 0 radical (unpaired) electrons. The summed E-state index contributed by atoms with van der Waals surface area (Å²) in [5.74, 6) is 0. The first-order valence-corrected chi connectivity index (χ1v) is 13.9. The van der Waals surface area contributed by atoms with E-state index in [1.807, 2.05) is 13.8 Å². The number of anilines is 2. The van der Waals surface area contributed by atoms with Crippen LogP contribution in [0.4, 0.5) is 11.4 Å². The van der Waals surface area contributed by atoms with Crippen LogP contribution in [0.1, 0.15) is 11.1 Å². The summed E-state index contributed by atoms with van der Waals surface area (Å²) < 4.78 is 57.0. The van der Waals surface area contributed by atoms with Crippen molar-refractivity contribution in [3.63, 3.8) is 0 Å². The van der Waals surface area contributed by atoms with Gasteiger partial charge in [0.2, 0.25) is 0 Å². The van der Waals surface area contributed by atoms with E-state index in [0.717, 1.165) is 19.7 Å². The van der Waals surface area contributed by atoms with E-state index in [2.05, 4.69) is 6.58 Å². The van der Waals surface area contributed by atoms with Crippen LogP contribution in [0.25, 0.3) is 0 Å². The maximum absolute atomic E-state index is 13.7. The molecule has 1 heterocycles. The average Bonchev–Trinajstić information content (AvgIpc) is 2.79. The Morgan fingerprint density at radius 1 is 0.794 bits per heavy atom. The Hall–Kier alpha value is -2.52. The first-order chi connectivity index (χ1) is 16.0. The predicted molar refractivity (Wildman–Crippen MR) is 137 cm³/mol. The Bertz CT molecular complexity index is 1470. The summed E-state index contributed by atoms with van der Waals surface area (Å²) in [6.07, 6.45) is 1.41. The van der Waals surface area contributed by atoms with Crippen LogP contribution in [0.2, 0.25) is 10.0 Å². The van der Waals surface area contributed by atoms with Crippen molar-refractivity contribution in [2.24, 2.45) is 0 Å². The quantitative estimate of drug-likeness (QED) is 0.399. The van der Waals surface area contributed by atoms with Gasteiger partial charge in [-0.1, -0.05) is 64.7 Å². The van der Waals surface area contributed by atoms with Gasteiger partial charge in [0.1, 0.15) is 0 Å². The van der Waals surface area contributed by atoms with Gasteiger partial charge >= 0.3 is 0 Å². The number of hydrogen-bond donors (Lipinski definition) is 0. The minimum atomic E-state index is -4.08. The Balaban J connectivity index is 1.94. The number of hydrogen-bond acceptors (Lipinski definition) is 4. The molecule has 0 fully saturated rings. The van der Waals surface area contributed by atoms with Crippen LogP contribution in [0, 0.1) is 13.8 Å². The van der Waals surface area contributed by atoms with Crippen LogP contribution >= 0.6 is 23.2 Å². The lowest BCUT2D eigenvalue weighted by atomic mass is 10.1. The van der Waals surface area contributed by atoms with Gasteiger partial charge < -0.3 is 0 Å². The molecule has 0 N–H and O–H groups in total. The molecule has 34 heavy (non-hydrogen) atoms. The Labute approximate surface area is 210 Å². The average molecular weight is 537 g/mol. The number of fused-ring (bicyclic) bond motifs is 1. The fourth-order valence-corrected chi connectivity index (χ4v) is 7.22. The van der Waals surface area contributed by atoms with E-state index in [4.69, 9.17) is 23.2 Å². The second-order valence-corrected chi connectivity index (χ2v) is 12.5. The lowest BCUT2D eigenvalue weighted by molar-refractivity contribution is 0.573.